The van der Waals surface area contributed by atoms with E-state index in [4.69, 9.17) is 4.74 Å². The molecule has 0 radical (unpaired) electrons. The van der Waals surface area contributed by atoms with Crippen LogP contribution in [0.2, 0.25) is 0 Å². The molecule has 0 aliphatic rings. The molecule has 14 heteroatoms. The van der Waals surface area contributed by atoms with Crippen molar-refractivity contribution in [2.75, 3.05) is 11.8 Å². The number of nitrogens with zero attached hydrogens (tertiary/aromatic N) is 1. The van der Waals surface area contributed by atoms with E-state index in [0.717, 1.165) is 11.1 Å². The summed E-state index contributed by atoms with van der Waals surface area (Å²) in [6.07, 6.45) is -0.296. The van der Waals surface area contributed by atoms with Crippen LogP contribution in [-0.4, -0.2) is 51.7 Å². The van der Waals surface area contributed by atoms with Gasteiger partial charge in [-0.15, -0.1) is 11.3 Å². The molecule has 1 heterocycles. The Morgan fingerprint density at radius 2 is 1.61 bits per heavy atom. The molecule has 0 bridgehead atoms. The van der Waals surface area contributed by atoms with Gasteiger partial charge in [-0.05, 0) is 50.5 Å². The van der Waals surface area contributed by atoms with Crippen LogP contribution in [0.5, 0.6) is 0 Å². The van der Waals surface area contributed by atoms with Crippen LogP contribution in [0, 0.1) is 0 Å². The van der Waals surface area contributed by atoms with Crippen molar-refractivity contribution >= 4 is 49.8 Å². The molecule has 3 N–H and O–H groups in total. The van der Waals surface area contributed by atoms with E-state index in [0.29, 0.717) is 16.4 Å². The lowest BCUT2D eigenvalue weighted by Gasteiger charge is -2.23. The number of benzene rings is 2. The molecule has 41 heavy (non-hydrogen) atoms. The minimum atomic E-state index is -3.48. The van der Waals surface area contributed by atoms with Gasteiger partial charge in [-0.25, -0.2) is 26.6 Å². The summed E-state index contributed by atoms with van der Waals surface area (Å²) in [6, 6.07) is 14.1. The van der Waals surface area contributed by atoms with Crippen molar-refractivity contribution in [2.45, 2.75) is 56.2 Å². The van der Waals surface area contributed by atoms with E-state index in [1.54, 1.807) is 50.4 Å². The number of anilines is 1. The molecule has 0 unspecified atom stereocenters. The number of carbonyl (C=O) groups is 2. The van der Waals surface area contributed by atoms with Crippen LogP contribution in [0.1, 0.15) is 48.6 Å². The van der Waals surface area contributed by atoms with E-state index in [9.17, 15) is 26.4 Å². The van der Waals surface area contributed by atoms with Crippen molar-refractivity contribution in [2.24, 2.45) is 0 Å². The lowest BCUT2D eigenvalue weighted by atomic mass is 10.0. The minimum absolute atomic E-state index is 0.203. The van der Waals surface area contributed by atoms with E-state index in [-0.39, 0.29) is 18.6 Å². The molecule has 2 amide bonds. The third kappa shape index (κ3) is 9.54. The van der Waals surface area contributed by atoms with Gasteiger partial charge in [-0.2, -0.15) is 0 Å². The Morgan fingerprint density at radius 1 is 0.976 bits per heavy atom. The number of aromatic nitrogens is 1. The fourth-order valence-electron chi connectivity index (χ4n) is 3.75. The summed E-state index contributed by atoms with van der Waals surface area (Å²) < 4.78 is 53.6. The van der Waals surface area contributed by atoms with Crippen molar-refractivity contribution in [1.82, 2.24) is 15.6 Å². The maximum atomic E-state index is 13.5. The van der Waals surface area contributed by atoms with Gasteiger partial charge in [-0.3, -0.25) is 9.52 Å². The molecule has 0 saturated carbocycles. The Kier molecular flexibility index (Phi) is 10.9. The molecule has 2 atom stereocenters. The van der Waals surface area contributed by atoms with Gasteiger partial charge in [0.25, 0.3) is 0 Å². The van der Waals surface area contributed by atoms with Gasteiger partial charge in [0.1, 0.15) is 16.8 Å². The molecule has 3 aromatic rings. The summed E-state index contributed by atoms with van der Waals surface area (Å²) in [5, 5.41) is 7.63. The zero-order valence-corrected chi connectivity index (χ0v) is 25.6. The van der Waals surface area contributed by atoms with Gasteiger partial charge < -0.3 is 15.4 Å². The first kappa shape index (κ1) is 32.0. The number of ether oxygens (including phenoxy) is 1. The quantitative estimate of drug-likeness (QED) is 0.224. The molecular formula is C27H34N4O7S3. The Labute approximate surface area is 245 Å². The van der Waals surface area contributed by atoms with Crippen molar-refractivity contribution in [3.63, 3.8) is 0 Å². The molecule has 2 aromatic carbocycles. The maximum Gasteiger partial charge on any atom is 0.407 e. The maximum absolute atomic E-state index is 13.5. The molecule has 0 spiro atoms. The summed E-state index contributed by atoms with van der Waals surface area (Å²) >= 11 is 1.18. The van der Waals surface area contributed by atoms with Crippen LogP contribution in [0.15, 0.2) is 60.0 Å². The zero-order valence-electron chi connectivity index (χ0n) is 23.1. The third-order valence-corrected chi connectivity index (χ3v) is 10.2. The molecule has 0 aliphatic heterocycles. The highest BCUT2D eigenvalue weighted by Crippen LogP contribution is 2.26. The van der Waals surface area contributed by atoms with Crippen LogP contribution in [-0.2, 0) is 48.9 Å². The molecule has 0 aliphatic carbocycles. The van der Waals surface area contributed by atoms with Crippen LogP contribution < -0.4 is 15.4 Å². The molecular weight excluding hydrogens is 589 g/mol. The van der Waals surface area contributed by atoms with Crippen molar-refractivity contribution in [3.8, 4) is 0 Å². The van der Waals surface area contributed by atoms with Crippen LogP contribution in [0.4, 0.5) is 10.5 Å². The third-order valence-electron chi connectivity index (χ3n) is 6.18. The smallest absolute Gasteiger partial charge is 0.407 e. The standard InChI is InChI=1S/C27H34N4O7S3/c1-27(2,3)41(36,37)17-24-28-23(16-39-24)21(14-19-10-12-20(13-11-19)31-40(34)35)29-25(32)22(30-26(33)38-4)15-18-8-6-5-7-9-18/h5-13,16,21-22,40H,14-15,17H2,1-4H3,(H,29,32)(H,30,33)(H,31,34,35)/t21-,22-/m0/s1. The molecule has 0 fully saturated rings. The second-order valence-corrected chi connectivity index (χ2v) is 14.7. The first-order valence-corrected chi connectivity index (χ1v) is 16.3. The summed E-state index contributed by atoms with van der Waals surface area (Å²) in [5.74, 6) is -0.724. The fraction of sp³-hybridized carbons (Fsp3) is 0.370. The number of thiazole rings is 1. The fourth-order valence-corrected chi connectivity index (χ4v) is 6.30. The van der Waals surface area contributed by atoms with Crippen LogP contribution in [0.3, 0.4) is 0 Å². The Bertz CT molecular complexity index is 1510. The van der Waals surface area contributed by atoms with E-state index >= 15 is 0 Å². The largest absolute Gasteiger partial charge is 0.453 e. The number of carbonyl (C=O) groups excluding carboxylic acids is 2. The monoisotopic (exact) mass is 622 g/mol. The normalized spacial score (nSPS) is 13.3. The lowest BCUT2D eigenvalue weighted by molar-refractivity contribution is -0.123. The van der Waals surface area contributed by atoms with Gasteiger partial charge in [0.15, 0.2) is 9.84 Å². The molecule has 3 rings (SSSR count). The average Bonchev–Trinajstić information content (AvgIpc) is 3.36. The number of alkyl carbamates (subject to hydrolysis) is 1. The summed E-state index contributed by atoms with van der Waals surface area (Å²) in [4.78, 5) is 30.2. The van der Waals surface area contributed by atoms with Crippen molar-refractivity contribution in [1.29, 1.82) is 0 Å². The number of sulfone groups is 1. The van der Waals surface area contributed by atoms with E-state index < -0.39 is 49.6 Å². The van der Waals surface area contributed by atoms with Crippen molar-refractivity contribution in [3.05, 3.63) is 81.8 Å². The predicted molar refractivity (Wildman–Crippen MR) is 159 cm³/mol. The Morgan fingerprint density at radius 3 is 2.20 bits per heavy atom. The number of nitrogens with one attached hydrogen (secondary N) is 3. The summed E-state index contributed by atoms with van der Waals surface area (Å²) in [6.45, 7) is 4.88. The van der Waals surface area contributed by atoms with Crippen molar-refractivity contribution < 1.29 is 31.2 Å². The highest BCUT2D eigenvalue weighted by Gasteiger charge is 2.31. The molecule has 0 saturated heterocycles. The molecule has 11 nitrogen and oxygen atoms in total. The van der Waals surface area contributed by atoms with Gasteiger partial charge >= 0.3 is 6.09 Å². The second kappa shape index (κ2) is 13.9. The number of hydrogen-bond acceptors (Lipinski definition) is 9. The summed E-state index contributed by atoms with van der Waals surface area (Å²) in [5.41, 5.74) is 2.44. The number of hydrogen-bond donors (Lipinski definition) is 4. The minimum Gasteiger partial charge on any atom is -0.453 e. The number of thiol groups is 1. The zero-order chi connectivity index (χ0) is 30.2. The lowest BCUT2D eigenvalue weighted by Crippen LogP contribution is -2.49. The van der Waals surface area contributed by atoms with E-state index in [1.807, 2.05) is 30.3 Å². The predicted octanol–water partition coefficient (Wildman–Crippen LogP) is 3.16. The first-order chi connectivity index (χ1) is 19.3. The SMILES string of the molecule is COC(=O)N[C@@H](Cc1ccccc1)C(=O)N[C@@H](Cc1ccc(N[SH](=O)=O)cc1)c1csc(CS(=O)(=O)C(C)(C)C)n1. The van der Waals surface area contributed by atoms with Gasteiger partial charge in [0, 0.05) is 17.5 Å². The highest BCUT2D eigenvalue weighted by atomic mass is 32.2. The van der Waals surface area contributed by atoms with E-state index in [2.05, 4.69) is 20.3 Å². The van der Waals surface area contributed by atoms with Crippen LogP contribution >= 0.6 is 11.3 Å². The van der Waals surface area contributed by atoms with Crippen LogP contribution in [0.25, 0.3) is 0 Å². The Hall–Kier alpha value is -3.49. The highest BCUT2D eigenvalue weighted by molar-refractivity contribution is 7.92. The average molecular weight is 623 g/mol. The number of amides is 2. The second-order valence-electron chi connectivity index (χ2n) is 10.2. The number of rotatable bonds is 12. The topological polar surface area (TPSA) is 161 Å². The molecule has 222 valence electrons. The van der Waals surface area contributed by atoms with Gasteiger partial charge in [0.05, 0.1) is 23.6 Å². The number of methoxy groups -OCH3 is 1. The summed E-state index contributed by atoms with van der Waals surface area (Å²) in [7, 11) is -5.09. The first-order valence-electron chi connectivity index (χ1n) is 12.6. The van der Waals surface area contributed by atoms with Gasteiger partial charge in [0.2, 0.25) is 16.8 Å². The Balaban J connectivity index is 1.90. The molecule has 1 aromatic heterocycles. The van der Waals surface area contributed by atoms with E-state index in [1.165, 1.54) is 18.4 Å². The van der Waals surface area contributed by atoms with Gasteiger partial charge in [-0.1, -0.05) is 42.5 Å².